The Morgan fingerprint density at radius 3 is 2.12 bits per heavy atom. The zero-order valence-corrected chi connectivity index (χ0v) is 14.6. The van der Waals surface area contributed by atoms with E-state index < -0.39 is 24.2 Å². The van der Waals surface area contributed by atoms with Crippen LogP contribution in [0.2, 0.25) is 10.0 Å². The van der Waals surface area contributed by atoms with Crippen molar-refractivity contribution >= 4 is 52.4 Å². The van der Waals surface area contributed by atoms with Gasteiger partial charge in [-0.05, 0) is 36.4 Å². The minimum absolute atomic E-state index is 0.290. The molecule has 130 valence electrons. The fourth-order valence-electron chi connectivity index (χ4n) is 2.02. The quantitative estimate of drug-likeness (QED) is 0.610. The van der Waals surface area contributed by atoms with Gasteiger partial charge in [-0.15, -0.1) is 0 Å². The van der Waals surface area contributed by atoms with Gasteiger partial charge in [-0.1, -0.05) is 29.3 Å². The van der Waals surface area contributed by atoms with E-state index in [-0.39, 0.29) is 0 Å². The van der Waals surface area contributed by atoms with Crippen molar-refractivity contribution in [3.05, 3.63) is 58.1 Å². The van der Waals surface area contributed by atoms with Crippen molar-refractivity contribution in [1.82, 2.24) is 0 Å². The maximum Gasteiger partial charge on any atom is 0.337 e. The van der Waals surface area contributed by atoms with Crippen LogP contribution in [0.5, 0.6) is 0 Å². The fourth-order valence-corrected chi connectivity index (χ4v) is 2.55. The van der Waals surface area contributed by atoms with Crippen LogP contribution in [0.1, 0.15) is 16.8 Å². The summed E-state index contributed by atoms with van der Waals surface area (Å²) < 4.78 is 4.61. The lowest BCUT2D eigenvalue weighted by atomic mass is 10.2. The number of carbonyl (C=O) groups excluding carboxylic acids is 3. The maximum absolute atomic E-state index is 12.0. The molecule has 0 saturated heterocycles. The third-order valence-electron chi connectivity index (χ3n) is 3.03. The van der Waals surface area contributed by atoms with Gasteiger partial charge in [-0.25, -0.2) is 4.79 Å². The average Bonchev–Trinajstić information content (AvgIpc) is 2.52. The van der Waals surface area contributed by atoms with Crippen molar-refractivity contribution in [2.24, 2.45) is 0 Å². The van der Waals surface area contributed by atoms with Gasteiger partial charge in [-0.2, -0.15) is 0 Å². The molecule has 25 heavy (non-hydrogen) atoms. The normalized spacial score (nSPS) is 10.0. The highest BCUT2D eigenvalue weighted by molar-refractivity contribution is 6.35. The minimum Gasteiger partial charge on any atom is -0.465 e. The summed E-state index contributed by atoms with van der Waals surface area (Å²) in [6.07, 6.45) is -0.410. The topological polar surface area (TPSA) is 84.5 Å². The maximum atomic E-state index is 12.0. The van der Waals surface area contributed by atoms with E-state index in [2.05, 4.69) is 15.4 Å². The van der Waals surface area contributed by atoms with Crippen LogP contribution in [0.4, 0.5) is 11.4 Å². The van der Waals surface area contributed by atoms with Gasteiger partial charge in [0.05, 0.1) is 12.7 Å². The summed E-state index contributed by atoms with van der Waals surface area (Å²) in [7, 11) is 1.26. The predicted molar refractivity (Wildman–Crippen MR) is 96.1 cm³/mol. The summed E-state index contributed by atoms with van der Waals surface area (Å²) in [5, 5.41) is 5.81. The third kappa shape index (κ3) is 5.77. The standard InChI is InChI=1S/C17H14Cl2N2O4/c1-25-17(24)10-3-2-4-13(5-10)20-15(22)9-16(23)21-14-7-11(18)6-12(19)8-14/h2-8H,9H2,1H3,(H,20,22)(H,21,23). The van der Waals surface area contributed by atoms with Crippen LogP contribution in [0.3, 0.4) is 0 Å². The molecule has 0 fully saturated rings. The van der Waals surface area contributed by atoms with Gasteiger partial charge in [-0.3, -0.25) is 9.59 Å². The van der Waals surface area contributed by atoms with Gasteiger partial charge in [0.1, 0.15) is 6.42 Å². The molecule has 8 heteroatoms. The number of nitrogens with one attached hydrogen (secondary N) is 2. The van der Waals surface area contributed by atoms with Crippen LogP contribution in [0, 0.1) is 0 Å². The van der Waals surface area contributed by atoms with Crippen molar-refractivity contribution < 1.29 is 19.1 Å². The van der Waals surface area contributed by atoms with Crippen molar-refractivity contribution in [3.63, 3.8) is 0 Å². The minimum atomic E-state index is -0.535. The summed E-state index contributed by atoms with van der Waals surface area (Å²) in [6.45, 7) is 0. The van der Waals surface area contributed by atoms with Crippen LogP contribution in [-0.4, -0.2) is 24.9 Å². The molecule has 0 atom stereocenters. The molecule has 2 amide bonds. The van der Waals surface area contributed by atoms with Crippen LogP contribution < -0.4 is 10.6 Å². The molecule has 2 aromatic rings. The monoisotopic (exact) mass is 380 g/mol. The summed E-state index contributed by atoms with van der Waals surface area (Å²) in [6, 6.07) is 10.8. The molecule has 2 rings (SSSR count). The molecule has 0 radical (unpaired) electrons. The van der Waals surface area contributed by atoms with E-state index in [0.29, 0.717) is 27.0 Å². The third-order valence-corrected chi connectivity index (χ3v) is 3.47. The number of esters is 1. The van der Waals surface area contributed by atoms with Crippen LogP contribution in [0.25, 0.3) is 0 Å². The zero-order valence-electron chi connectivity index (χ0n) is 13.1. The van der Waals surface area contributed by atoms with Gasteiger partial charge in [0.15, 0.2) is 0 Å². The van der Waals surface area contributed by atoms with Crippen molar-refractivity contribution in [3.8, 4) is 0 Å². The molecule has 2 aromatic carbocycles. The molecule has 2 N–H and O–H groups in total. The first-order valence-electron chi connectivity index (χ1n) is 7.11. The number of benzene rings is 2. The van der Waals surface area contributed by atoms with Crippen LogP contribution in [-0.2, 0) is 14.3 Å². The Hall–Kier alpha value is -2.57. The molecule has 6 nitrogen and oxygen atoms in total. The Morgan fingerprint density at radius 2 is 1.52 bits per heavy atom. The summed E-state index contributed by atoms with van der Waals surface area (Å²) in [5.41, 5.74) is 1.06. The number of halogens is 2. The smallest absolute Gasteiger partial charge is 0.337 e. The number of hydrogen-bond acceptors (Lipinski definition) is 4. The van der Waals surface area contributed by atoms with Crippen LogP contribution in [0.15, 0.2) is 42.5 Å². The summed E-state index contributed by atoms with van der Waals surface area (Å²) >= 11 is 11.7. The second-order valence-electron chi connectivity index (χ2n) is 5.00. The zero-order chi connectivity index (χ0) is 18.4. The average molecular weight is 381 g/mol. The van der Waals surface area contributed by atoms with Crippen molar-refractivity contribution in [2.75, 3.05) is 17.7 Å². The highest BCUT2D eigenvalue weighted by Crippen LogP contribution is 2.22. The van der Waals surface area contributed by atoms with Gasteiger partial charge in [0, 0.05) is 21.4 Å². The molecule has 0 saturated carbocycles. The first-order valence-corrected chi connectivity index (χ1v) is 7.87. The Balaban J connectivity index is 1.95. The molecule has 0 spiro atoms. The second-order valence-corrected chi connectivity index (χ2v) is 5.88. The van der Waals surface area contributed by atoms with Crippen LogP contribution >= 0.6 is 23.2 Å². The number of methoxy groups -OCH3 is 1. The van der Waals surface area contributed by atoms with Gasteiger partial charge >= 0.3 is 5.97 Å². The molecule has 0 unspecified atom stereocenters. The van der Waals surface area contributed by atoms with E-state index in [9.17, 15) is 14.4 Å². The van der Waals surface area contributed by atoms with E-state index in [0.717, 1.165) is 0 Å². The van der Waals surface area contributed by atoms with E-state index in [1.807, 2.05) is 0 Å². The molecular weight excluding hydrogens is 367 g/mol. The summed E-state index contributed by atoms with van der Waals surface area (Å²) in [5.74, 6) is -1.58. The highest BCUT2D eigenvalue weighted by Gasteiger charge is 2.12. The Kier molecular flexibility index (Phi) is 6.38. The number of anilines is 2. The lowest BCUT2D eigenvalue weighted by Crippen LogP contribution is -2.21. The Morgan fingerprint density at radius 1 is 0.920 bits per heavy atom. The number of rotatable bonds is 5. The van der Waals surface area contributed by atoms with Crippen molar-refractivity contribution in [1.29, 1.82) is 0 Å². The molecule has 0 aliphatic carbocycles. The van der Waals surface area contributed by atoms with E-state index >= 15 is 0 Å². The number of amides is 2. The largest absolute Gasteiger partial charge is 0.465 e. The van der Waals surface area contributed by atoms with E-state index in [4.69, 9.17) is 23.2 Å². The highest BCUT2D eigenvalue weighted by atomic mass is 35.5. The lowest BCUT2D eigenvalue weighted by Gasteiger charge is -2.08. The van der Waals surface area contributed by atoms with Gasteiger partial charge in [0.25, 0.3) is 0 Å². The molecule has 0 aromatic heterocycles. The summed E-state index contributed by atoms with van der Waals surface area (Å²) in [4.78, 5) is 35.3. The van der Waals surface area contributed by atoms with Crippen molar-refractivity contribution in [2.45, 2.75) is 6.42 Å². The lowest BCUT2D eigenvalue weighted by molar-refractivity contribution is -0.123. The molecular formula is C17H14Cl2N2O4. The molecule has 0 aliphatic heterocycles. The number of carbonyl (C=O) groups is 3. The fraction of sp³-hybridized carbons (Fsp3) is 0.118. The molecule has 0 heterocycles. The first-order chi connectivity index (χ1) is 11.9. The Labute approximate surface area is 154 Å². The van der Waals surface area contributed by atoms with Gasteiger partial charge < -0.3 is 15.4 Å². The van der Waals surface area contributed by atoms with E-state index in [1.165, 1.54) is 31.4 Å². The Bertz CT molecular complexity index is 804. The predicted octanol–water partition coefficient (Wildman–Crippen LogP) is 3.75. The second kappa shape index (κ2) is 8.50. The molecule has 0 aliphatic rings. The first kappa shape index (κ1) is 18.8. The van der Waals surface area contributed by atoms with Gasteiger partial charge in [0.2, 0.25) is 11.8 Å². The number of ether oxygens (including phenoxy) is 1. The number of hydrogen-bond donors (Lipinski definition) is 2. The SMILES string of the molecule is COC(=O)c1cccc(NC(=O)CC(=O)Nc2cc(Cl)cc(Cl)c2)c1. The molecule has 0 bridgehead atoms. The van der Waals surface area contributed by atoms with E-state index in [1.54, 1.807) is 18.2 Å².